The number of hydrogen-bond donors (Lipinski definition) is 2. The van der Waals surface area contributed by atoms with Crippen LogP contribution in [0.5, 0.6) is 11.5 Å². The molecule has 31 heavy (non-hydrogen) atoms. The molecule has 2 saturated heterocycles. The van der Waals surface area contributed by atoms with Crippen molar-refractivity contribution < 1.29 is 24.1 Å². The Morgan fingerprint density at radius 3 is 2.35 bits per heavy atom. The maximum Gasteiger partial charge on any atom is 0.251 e. The summed E-state index contributed by atoms with van der Waals surface area (Å²) in [6.45, 7) is 3.21. The lowest BCUT2D eigenvalue weighted by Crippen LogP contribution is -2.51. The molecule has 2 fully saturated rings. The molecule has 0 bridgehead atoms. The van der Waals surface area contributed by atoms with Gasteiger partial charge in [0.05, 0.1) is 19.7 Å². The minimum Gasteiger partial charge on any atom is -0.493 e. The largest absolute Gasteiger partial charge is 0.493 e. The number of piperazine rings is 1. The van der Waals surface area contributed by atoms with Crippen molar-refractivity contribution in [3.05, 3.63) is 12.1 Å². The standard InChI is InChI=1S/C19H25N5O4.CH4O.ClH/c1-26-15-10-12-13(11-16(15)27-2)21-19(22-17(12)20)24-7-5-23(6-8-24)18(25)14-4-3-9-28-14;1-2;/h10-11,14H,3-9H2,1-2H3,(H2,20,21,22);2H,1H3;1H. The Kier molecular flexibility index (Phi) is 8.90. The van der Waals surface area contributed by atoms with Gasteiger partial charge < -0.3 is 34.9 Å². The minimum absolute atomic E-state index is 0. The molecule has 2 aliphatic heterocycles. The molecule has 1 aromatic heterocycles. The van der Waals surface area contributed by atoms with Gasteiger partial charge in [-0.1, -0.05) is 0 Å². The first-order chi connectivity index (χ1) is 14.6. The number of nitrogens with zero attached hydrogens (tertiary/aromatic N) is 4. The molecule has 0 saturated carbocycles. The number of nitrogen functional groups attached to an aromatic ring is 1. The number of hydrogen-bond acceptors (Lipinski definition) is 9. The lowest BCUT2D eigenvalue weighted by Gasteiger charge is -2.35. The van der Waals surface area contributed by atoms with Crippen LogP contribution in [0, 0.1) is 0 Å². The number of fused-ring (bicyclic) bond motifs is 1. The number of methoxy groups -OCH3 is 2. The van der Waals surface area contributed by atoms with Crippen LogP contribution in [0.25, 0.3) is 10.9 Å². The van der Waals surface area contributed by atoms with E-state index in [0.29, 0.717) is 67.0 Å². The number of aliphatic hydroxyl groups is 1. The number of ether oxygens (including phenoxy) is 3. The van der Waals surface area contributed by atoms with Crippen LogP contribution in [0.15, 0.2) is 12.1 Å². The fourth-order valence-electron chi connectivity index (χ4n) is 3.71. The highest BCUT2D eigenvalue weighted by molar-refractivity contribution is 5.91. The molecule has 0 spiro atoms. The normalized spacial score (nSPS) is 18.1. The monoisotopic (exact) mass is 455 g/mol. The molecule has 3 heterocycles. The number of benzene rings is 1. The highest BCUT2D eigenvalue weighted by atomic mass is 35.5. The molecule has 3 N–H and O–H groups in total. The minimum atomic E-state index is -0.276. The first kappa shape index (κ1) is 24.7. The quantitative estimate of drug-likeness (QED) is 0.697. The van der Waals surface area contributed by atoms with E-state index in [1.807, 2.05) is 9.80 Å². The molecule has 0 radical (unpaired) electrons. The van der Waals surface area contributed by atoms with Crippen molar-refractivity contribution in [2.45, 2.75) is 18.9 Å². The van der Waals surface area contributed by atoms with E-state index in [-0.39, 0.29) is 24.4 Å². The van der Waals surface area contributed by atoms with Gasteiger partial charge in [0.2, 0.25) is 5.95 Å². The number of carbonyl (C=O) groups excluding carboxylic acids is 1. The van der Waals surface area contributed by atoms with E-state index in [2.05, 4.69) is 9.97 Å². The number of rotatable bonds is 4. The van der Waals surface area contributed by atoms with Crippen molar-refractivity contribution in [3.8, 4) is 11.5 Å². The number of aromatic nitrogens is 2. The van der Waals surface area contributed by atoms with Crippen LogP contribution in [0.2, 0.25) is 0 Å². The van der Waals surface area contributed by atoms with E-state index in [0.717, 1.165) is 20.0 Å². The van der Waals surface area contributed by atoms with Crippen LogP contribution in [0.3, 0.4) is 0 Å². The lowest BCUT2D eigenvalue weighted by atomic mass is 10.2. The van der Waals surface area contributed by atoms with Crippen LogP contribution in [0.1, 0.15) is 12.8 Å². The Balaban J connectivity index is 0.00000111. The SMILES string of the molecule is CO.COc1cc2nc(N3CCN(C(=O)C4CCCO4)CC3)nc(N)c2cc1OC.Cl. The molecular weight excluding hydrogens is 426 g/mol. The Morgan fingerprint density at radius 1 is 1.13 bits per heavy atom. The first-order valence-electron chi connectivity index (χ1n) is 9.90. The van der Waals surface area contributed by atoms with Gasteiger partial charge >= 0.3 is 0 Å². The van der Waals surface area contributed by atoms with E-state index >= 15 is 0 Å². The summed E-state index contributed by atoms with van der Waals surface area (Å²) in [5, 5.41) is 7.72. The third kappa shape index (κ3) is 5.20. The summed E-state index contributed by atoms with van der Waals surface area (Å²) in [6, 6.07) is 3.58. The fourth-order valence-corrected chi connectivity index (χ4v) is 3.71. The average Bonchev–Trinajstić information content (AvgIpc) is 3.34. The zero-order valence-electron chi connectivity index (χ0n) is 18.0. The van der Waals surface area contributed by atoms with Crippen LogP contribution < -0.4 is 20.1 Å². The van der Waals surface area contributed by atoms with Crippen molar-refractivity contribution in [2.75, 3.05) is 64.7 Å². The molecule has 1 amide bonds. The van der Waals surface area contributed by atoms with Gasteiger partial charge in [0.15, 0.2) is 11.5 Å². The van der Waals surface area contributed by atoms with Crippen molar-refractivity contribution in [3.63, 3.8) is 0 Å². The summed E-state index contributed by atoms with van der Waals surface area (Å²) < 4.78 is 16.2. The number of anilines is 2. The predicted molar refractivity (Wildman–Crippen MR) is 120 cm³/mol. The van der Waals surface area contributed by atoms with E-state index in [9.17, 15) is 4.79 Å². The van der Waals surface area contributed by atoms with Gasteiger partial charge in [-0.05, 0) is 18.9 Å². The Labute approximate surface area is 187 Å². The van der Waals surface area contributed by atoms with Gasteiger partial charge in [0.1, 0.15) is 11.9 Å². The van der Waals surface area contributed by atoms with E-state index in [1.54, 1.807) is 26.4 Å². The highest BCUT2D eigenvalue weighted by Crippen LogP contribution is 2.34. The van der Waals surface area contributed by atoms with Crippen molar-refractivity contribution in [1.82, 2.24) is 14.9 Å². The van der Waals surface area contributed by atoms with Crippen LogP contribution in [-0.2, 0) is 9.53 Å². The first-order valence-corrected chi connectivity index (χ1v) is 9.90. The molecule has 10 nitrogen and oxygen atoms in total. The Bertz CT molecular complexity index is 886. The van der Waals surface area contributed by atoms with E-state index in [1.165, 1.54) is 0 Å². The molecule has 1 aromatic carbocycles. The molecule has 2 aliphatic rings. The second kappa shape index (κ2) is 11.2. The number of carbonyl (C=O) groups is 1. The van der Waals surface area contributed by atoms with E-state index in [4.69, 9.17) is 25.1 Å². The Morgan fingerprint density at radius 2 is 1.77 bits per heavy atom. The number of amides is 1. The van der Waals surface area contributed by atoms with Gasteiger partial charge in [-0.25, -0.2) is 4.98 Å². The molecule has 1 atom stereocenters. The van der Waals surface area contributed by atoms with Gasteiger partial charge in [0, 0.05) is 51.3 Å². The van der Waals surface area contributed by atoms with Gasteiger partial charge in [-0.2, -0.15) is 4.98 Å². The lowest BCUT2D eigenvalue weighted by molar-refractivity contribution is -0.141. The summed E-state index contributed by atoms with van der Waals surface area (Å²) in [4.78, 5) is 25.6. The summed E-state index contributed by atoms with van der Waals surface area (Å²) in [7, 11) is 4.16. The average molecular weight is 456 g/mol. The molecular formula is C20H30ClN5O5. The van der Waals surface area contributed by atoms with Crippen molar-refractivity contribution in [1.29, 1.82) is 0 Å². The zero-order chi connectivity index (χ0) is 21.7. The highest BCUT2D eigenvalue weighted by Gasteiger charge is 2.31. The topological polar surface area (TPSA) is 123 Å². The van der Waals surface area contributed by atoms with Gasteiger partial charge in [0.25, 0.3) is 5.91 Å². The third-order valence-electron chi connectivity index (χ3n) is 5.30. The van der Waals surface area contributed by atoms with Crippen LogP contribution >= 0.6 is 12.4 Å². The maximum atomic E-state index is 12.5. The summed E-state index contributed by atoms with van der Waals surface area (Å²) in [5.74, 6) is 2.21. The molecule has 2 aromatic rings. The zero-order valence-corrected chi connectivity index (χ0v) is 18.9. The summed E-state index contributed by atoms with van der Waals surface area (Å²) in [6.07, 6.45) is 1.49. The van der Waals surface area contributed by atoms with Crippen LogP contribution in [-0.4, -0.2) is 86.1 Å². The second-order valence-corrected chi connectivity index (χ2v) is 6.95. The maximum absolute atomic E-state index is 12.5. The summed E-state index contributed by atoms with van der Waals surface area (Å²) >= 11 is 0. The number of nitrogens with two attached hydrogens (primary N) is 1. The molecule has 0 aliphatic carbocycles. The molecule has 11 heteroatoms. The predicted octanol–water partition coefficient (Wildman–Crippen LogP) is 1.09. The summed E-state index contributed by atoms with van der Waals surface area (Å²) in [5.41, 5.74) is 6.87. The molecule has 1 unspecified atom stereocenters. The molecule has 172 valence electrons. The van der Waals surface area contributed by atoms with E-state index < -0.39 is 0 Å². The van der Waals surface area contributed by atoms with Crippen LogP contribution in [0.4, 0.5) is 11.8 Å². The fraction of sp³-hybridized carbons (Fsp3) is 0.550. The Hall–Kier alpha value is -2.56. The third-order valence-corrected chi connectivity index (χ3v) is 5.30. The van der Waals surface area contributed by atoms with Gasteiger partial charge in [-0.15, -0.1) is 12.4 Å². The van der Waals surface area contributed by atoms with Crippen molar-refractivity contribution >= 4 is 41.0 Å². The van der Waals surface area contributed by atoms with Crippen molar-refractivity contribution in [2.24, 2.45) is 0 Å². The second-order valence-electron chi connectivity index (χ2n) is 6.95. The smallest absolute Gasteiger partial charge is 0.251 e. The number of halogens is 1. The molecule has 4 rings (SSSR count). The van der Waals surface area contributed by atoms with Gasteiger partial charge in [-0.3, -0.25) is 4.79 Å². The number of aliphatic hydroxyl groups excluding tert-OH is 1.